The van der Waals surface area contributed by atoms with Gasteiger partial charge in [0.1, 0.15) is 16.5 Å². The first kappa shape index (κ1) is 21.8. The third-order valence-electron chi connectivity index (χ3n) is 3.99. The van der Waals surface area contributed by atoms with E-state index in [9.17, 15) is 14.4 Å². The molecule has 0 unspecified atom stereocenters. The zero-order valence-electron chi connectivity index (χ0n) is 16.7. The quantitative estimate of drug-likeness (QED) is 0.540. The predicted octanol–water partition coefficient (Wildman–Crippen LogP) is 3.33. The van der Waals surface area contributed by atoms with Crippen molar-refractivity contribution >= 4 is 34.9 Å². The van der Waals surface area contributed by atoms with Gasteiger partial charge in [0.25, 0.3) is 5.91 Å². The number of benzene rings is 2. The number of urea groups is 1. The molecule has 3 rings (SSSR count). The Morgan fingerprint density at radius 3 is 2.16 bits per heavy atom. The van der Waals surface area contributed by atoms with Crippen molar-refractivity contribution in [3.63, 3.8) is 0 Å². The summed E-state index contributed by atoms with van der Waals surface area (Å²) in [5.41, 5.74) is 1.36. The molecule has 0 bridgehead atoms. The fourth-order valence-corrected chi connectivity index (χ4v) is 3.23. The molecule has 9 nitrogen and oxygen atoms in total. The molecule has 0 aliphatic carbocycles. The van der Waals surface area contributed by atoms with E-state index in [4.69, 9.17) is 14.2 Å². The minimum Gasteiger partial charge on any atom is -0.497 e. The van der Waals surface area contributed by atoms with E-state index in [1.54, 1.807) is 43.5 Å². The first-order chi connectivity index (χ1) is 15.0. The van der Waals surface area contributed by atoms with Crippen LogP contribution in [0.5, 0.6) is 11.5 Å². The second-order valence-electron chi connectivity index (χ2n) is 6.07. The summed E-state index contributed by atoms with van der Waals surface area (Å²) in [6.07, 6.45) is 0. The Morgan fingerprint density at radius 1 is 0.935 bits per heavy atom. The van der Waals surface area contributed by atoms with Gasteiger partial charge < -0.3 is 19.5 Å². The van der Waals surface area contributed by atoms with Crippen molar-refractivity contribution in [1.29, 1.82) is 0 Å². The summed E-state index contributed by atoms with van der Waals surface area (Å²) >= 11 is 1.27. The van der Waals surface area contributed by atoms with E-state index in [1.807, 2.05) is 12.1 Å². The van der Waals surface area contributed by atoms with Gasteiger partial charge in [0.05, 0.1) is 14.2 Å². The van der Waals surface area contributed by atoms with E-state index in [0.717, 1.165) is 5.56 Å². The number of aromatic nitrogens is 1. The van der Waals surface area contributed by atoms with Crippen molar-refractivity contribution in [2.24, 2.45) is 0 Å². The van der Waals surface area contributed by atoms with Crippen LogP contribution in [0.15, 0.2) is 53.9 Å². The summed E-state index contributed by atoms with van der Waals surface area (Å²) in [5.74, 6) is -0.195. The Morgan fingerprint density at radius 2 is 1.55 bits per heavy atom. The summed E-state index contributed by atoms with van der Waals surface area (Å²) in [7, 11) is 3.10. The molecule has 160 valence electrons. The molecule has 10 heteroatoms. The van der Waals surface area contributed by atoms with Crippen molar-refractivity contribution < 1.29 is 28.6 Å². The van der Waals surface area contributed by atoms with Crippen molar-refractivity contribution in [2.45, 2.75) is 0 Å². The lowest BCUT2D eigenvalue weighted by Crippen LogP contribution is -2.37. The van der Waals surface area contributed by atoms with E-state index >= 15 is 0 Å². The van der Waals surface area contributed by atoms with E-state index in [2.05, 4.69) is 15.6 Å². The van der Waals surface area contributed by atoms with Gasteiger partial charge in [-0.2, -0.15) is 0 Å². The molecular weight excluding hydrogens is 422 g/mol. The SMILES string of the molecule is COc1ccc(NC(=O)NC(=O)COC(=O)c2csc(-c3ccc(OC)cc3)n2)cc1. The van der Waals surface area contributed by atoms with Crippen LogP contribution < -0.4 is 20.1 Å². The van der Waals surface area contributed by atoms with Crippen LogP contribution in [0.2, 0.25) is 0 Å². The highest BCUT2D eigenvalue weighted by molar-refractivity contribution is 7.13. The molecule has 0 spiro atoms. The van der Waals surface area contributed by atoms with Gasteiger partial charge in [0.15, 0.2) is 12.3 Å². The van der Waals surface area contributed by atoms with E-state index in [1.165, 1.54) is 23.8 Å². The normalized spacial score (nSPS) is 10.1. The van der Waals surface area contributed by atoms with Crippen LogP contribution in [0.25, 0.3) is 10.6 Å². The fourth-order valence-electron chi connectivity index (χ4n) is 2.44. The van der Waals surface area contributed by atoms with Gasteiger partial charge in [-0.05, 0) is 48.5 Å². The van der Waals surface area contributed by atoms with Gasteiger partial charge in [0.2, 0.25) is 0 Å². The molecule has 0 saturated carbocycles. The lowest BCUT2D eigenvalue weighted by molar-refractivity contribution is -0.123. The Hall–Kier alpha value is -3.92. The molecule has 2 N–H and O–H groups in total. The Bertz CT molecular complexity index is 1060. The van der Waals surface area contributed by atoms with Crippen molar-refractivity contribution in [3.8, 4) is 22.1 Å². The number of ether oxygens (including phenoxy) is 3. The molecule has 2 aromatic carbocycles. The van der Waals surface area contributed by atoms with Crippen LogP contribution in [0.1, 0.15) is 10.5 Å². The molecule has 1 heterocycles. The van der Waals surface area contributed by atoms with Crippen molar-refractivity contribution in [1.82, 2.24) is 10.3 Å². The smallest absolute Gasteiger partial charge is 0.358 e. The molecule has 0 radical (unpaired) electrons. The Kier molecular flexibility index (Phi) is 7.17. The number of amides is 3. The van der Waals surface area contributed by atoms with Crippen molar-refractivity contribution in [3.05, 3.63) is 59.6 Å². The van der Waals surface area contributed by atoms with Gasteiger partial charge in [0, 0.05) is 16.6 Å². The second kappa shape index (κ2) is 10.2. The molecule has 0 saturated heterocycles. The number of nitrogens with one attached hydrogen (secondary N) is 2. The molecule has 1 aromatic heterocycles. The number of anilines is 1. The summed E-state index contributed by atoms with van der Waals surface area (Å²) in [6, 6.07) is 13.0. The van der Waals surface area contributed by atoms with Crippen LogP contribution >= 0.6 is 11.3 Å². The van der Waals surface area contributed by atoms with Crippen LogP contribution in [0.4, 0.5) is 10.5 Å². The molecular formula is C21H19N3O6S. The standard InChI is InChI=1S/C21H19N3O6S/c1-28-15-7-3-13(4-8-15)19-23-17(12-31-19)20(26)30-11-18(25)24-21(27)22-14-5-9-16(29-2)10-6-14/h3-10,12H,11H2,1-2H3,(H2,22,24,25,27). The summed E-state index contributed by atoms with van der Waals surface area (Å²) in [6.45, 7) is -0.621. The molecule has 31 heavy (non-hydrogen) atoms. The van der Waals surface area contributed by atoms with E-state index in [-0.39, 0.29) is 5.69 Å². The van der Waals surface area contributed by atoms with Crippen LogP contribution in [0, 0.1) is 0 Å². The van der Waals surface area contributed by atoms with E-state index in [0.29, 0.717) is 22.2 Å². The molecule has 0 aliphatic heterocycles. The molecule has 0 aliphatic rings. The highest BCUT2D eigenvalue weighted by Crippen LogP contribution is 2.26. The zero-order chi connectivity index (χ0) is 22.2. The summed E-state index contributed by atoms with van der Waals surface area (Å²) in [4.78, 5) is 40.1. The summed E-state index contributed by atoms with van der Waals surface area (Å²) in [5, 5.41) is 6.73. The zero-order valence-corrected chi connectivity index (χ0v) is 17.5. The lowest BCUT2D eigenvalue weighted by Gasteiger charge is -2.07. The van der Waals surface area contributed by atoms with E-state index < -0.39 is 24.5 Å². The number of esters is 1. The van der Waals surface area contributed by atoms with Gasteiger partial charge in [-0.3, -0.25) is 10.1 Å². The maximum Gasteiger partial charge on any atom is 0.358 e. The predicted molar refractivity (Wildman–Crippen MR) is 115 cm³/mol. The third kappa shape index (κ3) is 6.03. The number of nitrogens with zero attached hydrogens (tertiary/aromatic N) is 1. The third-order valence-corrected chi connectivity index (χ3v) is 4.88. The lowest BCUT2D eigenvalue weighted by atomic mass is 10.2. The van der Waals surface area contributed by atoms with Crippen molar-refractivity contribution in [2.75, 3.05) is 26.1 Å². The number of hydrogen-bond donors (Lipinski definition) is 2. The fraction of sp³-hybridized carbons (Fsp3) is 0.143. The molecule has 0 atom stereocenters. The molecule has 3 amide bonds. The first-order valence-corrected chi connectivity index (χ1v) is 9.88. The first-order valence-electron chi connectivity index (χ1n) is 9.00. The highest BCUT2D eigenvalue weighted by Gasteiger charge is 2.16. The monoisotopic (exact) mass is 441 g/mol. The molecule has 0 fully saturated rings. The van der Waals surface area contributed by atoms with Gasteiger partial charge >= 0.3 is 12.0 Å². The summed E-state index contributed by atoms with van der Waals surface area (Å²) < 4.78 is 15.1. The van der Waals surface area contributed by atoms with Gasteiger partial charge in [-0.1, -0.05) is 0 Å². The van der Waals surface area contributed by atoms with Crippen LogP contribution in [-0.2, 0) is 9.53 Å². The largest absolute Gasteiger partial charge is 0.497 e. The highest BCUT2D eigenvalue weighted by atomic mass is 32.1. The number of methoxy groups -OCH3 is 2. The number of imide groups is 1. The number of carbonyl (C=O) groups excluding carboxylic acids is 3. The van der Waals surface area contributed by atoms with Gasteiger partial charge in [-0.25, -0.2) is 14.6 Å². The van der Waals surface area contributed by atoms with Gasteiger partial charge in [-0.15, -0.1) is 11.3 Å². The Balaban J connectivity index is 1.47. The number of rotatable bonds is 7. The minimum atomic E-state index is -0.773. The topological polar surface area (TPSA) is 116 Å². The number of carbonyl (C=O) groups is 3. The second-order valence-corrected chi connectivity index (χ2v) is 6.93. The average molecular weight is 441 g/mol. The number of thiazole rings is 1. The van der Waals surface area contributed by atoms with Crippen LogP contribution in [0.3, 0.4) is 0 Å². The van der Waals surface area contributed by atoms with Crippen LogP contribution in [-0.4, -0.2) is 43.7 Å². The minimum absolute atomic E-state index is 0.0753. The Labute approximate surface area is 182 Å². The maximum atomic E-state index is 12.1. The number of hydrogen-bond acceptors (Lipinski definition) is 8. The maximum absolute atomic E-state index is 12.1. The molecule has 3 aromatic rings. The average Bonchev–Trinajstić information content (AvgIpc) is 3.28.